The molecule has 3 nitrogen and oxygen atoms in total. The molecule has 2 aromatic rings. The van der Waals surface area contributed by atoms with Crippen LogP contribution >= 0.6 is 23.2 Å². The highest BCUT2D eigenvalue weighted by Gasteiger charge is 2.30. The lowest BCUT2D eigenvalue weighted by Gasteiger charge is -2.23. The minimum Gasteiger partial charge on any atom is -0.488 e. The van der Waals surface area contributed by atoms with Crippen LogP contribution in [0, 0.1) is 0 Å². The first-order valence-electron chi connectivity index (χ1n) is 6.82. The Kier molecular flexibility index (Phi) is 4.36. The molecule has 21 heavy (non-hydrogen) atoms. The van der Waals surface area contributed by atoms with Crippen molar-refractivity contribution in [2.24, 2.45) is 5.84 Å². The molecule has 2 aromatic carbocycles. The number of hydrazine groups is 1. The number of fused-ring (bicyclic) bond motifs is 1. The van der Waals surface area contributed by atoms with E-state index in [1.165, 1.54) is 5.56 Å². The third-order valence-corrected chi connectivity index (χ3v) is 4.66. The van der Waals surface area contributed by atoms with Crippen LogP contribution in [0.3, 0.4) is 0 Å². The Hall–Kier alpha value is -1.26. The largest absolute Gasteiger partial charge is 0.488 e. The van der Waals surface area contributed by atoms with Gasteiger partial charge in [-0.15, -0.1) is 0 Å². The number of hydrogen-bond acceptors (Lipinski definition) is 3. The average Bonchev–Trinajstić information content (AvgIpc) is 2.92. The molecular weight excluding hydrogens is 307 g/mol. The number of ether oxygens (including phenoxy) is 1. The van der Waals surface area contributed by atoms with E-state index in [1.807, 2.05) is 30.3 Å². The van der Waals surface area contributed by atoms with Gasteiger partial charge >= 0.3 is 0 Å². The second kappa shape index (κ2) is 6.24. The molecule has 0 saturated heterocycles. The van der Waals surface area contributed by atoms with E-state index in [0.717, 1.165) is 17.7 Å². The summed E-state index contributed by atoms with van der Waals surface area (Å²) in [7, 11) is 0. The number of rotatable bonds is 4. The molecule has 0 radical (unpaired) electrons. The first kappa shape index (κ1) is 14.7. The van der Waals surface area contributed by atoms with E-state index in [1.54, 1.807) is 6.07 Å². The van der Waals surface area contributed by atoms with Crippen molar-refractivity contribution < 1.29 is 4.74 Å². The molecule has 3 N–H and O–H groups in total. The SMILES string of the molecule is NNC(Cc1cccc(Cl)c1Cl)C1Cc2ccccc2O1. The molecule has 0 fully saturated rings. The second-order valence-corrected chi connectivity index (χ2v) is 5.94. The van der Waals surface area contributed by atoms with Crippen LogP contribution in [0.15, 0.2) is 42.5 Å². The molecule has 2 unspecified atom stereocenters. The molecule has 1 heterocycles. The summed E-state index contributed by atoms with van der Waals surface area (Å²) in [5.74, 6) is 6.65. The van der Waals surface area contributed by atoms with Crippen molar-refractivity contribution in [1.29, 1.82) is 0 Å². The number of nitrogens with one attached hydrogen (secondary N) is 1. The topological polar surface area (TPSA) is 47.3 Å². The lowest BCUT2D eigenvalue weighted by atomic mass is 9.98. The minimum atomic E-state index is -0.0339. The van der Waals surface area contributed by atoms with E-state index in [0.29, 0.717) is 16.5 Å². The van der Waals surface area contributed by atoms with Crippen molar-refractivity contribution >= 4 is 23.2 Å². The summed E-state index contributed by atoms with van der Waals surface area (Å²) in [5, 5.41) is 1.13. The van der Waals surface area contributed by atoms with Crippen LogP contribution in [0.1, 0.15) is 11.1 Å². The first-order chi connectivity index (χ1) is 10.2. The predicted octanol–water partition coefficient (Wildman–Crippen LogP) is 3.37. The molecule has 0 amide bonds. The Balaban J connectivity index is 1.77. The van der Waals surface area contributed by atoms with Gasteiger partial charge in [-0.05, 0) is 29.7 Å². The van der Waals surface area contributed by atoms with Crippen molar-refractivity contribution in [3.63, 3.8) is 0 Å². The van der Waals surface area contributed by atoms with Crippen molar-refractivity contribution in [2.45, 2.75) is 25.0 Å². The Morgan fingerprint density at radius 3 is 2.76 bits per heavy atom. The van der Waals surface area contributed by atoms with Crippen LogP contribution in [0.4, 0.5) is 0 Å². The van der Waals surface area contributed by atoms with Gasteiger partial charge in [0.2, 0.25) is 0 Å². The van der Waals surface area contributed by atoms with Gasteiger partial charge in [0.15, 0.2) is 0 Å². The summed E-state index contributed by atoms with van der Waals surface area (Å²) in [6.07, 6.45) is 1.49. The summed E-state index contributed by atoms with van der Waals surface area (Å²) in [4.78, 5) is 0. The van der Waals surface area contributed by atoms with Gasteiger partial charge in [-0.2, -0.15) is 0 Å². The summed E-state index contributed by atoms with van der Waals surface area (Å²) < 4.78 is 5.98. The third kappa shape index (κ3) is 3.01. The maximum atomic E-state index is 6.25. The van der Waals surface area contributed by atoms with Crippen molar-refractivity contribution in [3.8, 4) is 5.75 Å². The van der Waals surface area contributed by atoms with Gasteiger partial charge in [0.25, 0.3) is 0 Å². The minimum absolute atomic E-state index is 0.0116. The molecule has 0 bridgehead atoms. The lowest BCUT2D eigenvalue weighted by molar-refractivity contribution is 0.177. The number of hydrogen-bond donors (Lipinski definition) is 2. The highest BCUT2D eigenvalue weighted by atomic mass is 35.5. The molecule has 0 spiro atoms. The average molecular weight is 323 g/mol. The molecule has 3 rings (SSSR count). The standard InChI is InChI=1S/C16H16Cl2N2O/c17-12-6-3-5-11(16(12)18)8-13(20-19)15-9-10-4-1-2-7-14(10)21-15/h1-7,13,15,20H,8-9,19H2. The zero-order valence-electron chi connectivity index (χ0n) is 11.4. The smallest absolute Gasteiger partial charge is 0.123 e. The fraction of sp³-hybridized carbons (Fsp3) is 0.250. The van der Waals surface area contributed by atoms with Gasteiger partial charge in [-0.3, -0.25) is 11.3 Å². The van der Waals surface area contributed by atoms with E-state index in [4.69, 9.17) is 33.8 Å². The van der Waals surface area contributed by atoms with Crippen LogP contribution in [-0.2, 0) is 12.8 Å². The van der Waals surface area contributed by atoms with Gasteiger partial charge in [-0.1, -0.05) is 53.5 Å². The zero-order valence-corrected chi connectivity index (χ0v) is 12.9. The normalized spacial score (nSPS) is 18.1. The van der Waals surface area contributed by atoms with Gasteiger partial charge in [0.05, 0.1) is 16.1 Å². The number of halogens is 2. The molecule has 2 atom stereocenters. The van der Waals surface area contributed by atoms with Gasteiger partial charge < -0.3 is 4.74 Å². The fourth-order valence-electron chi connectivity index (χ4n) is 2.67. The van der Waals surface area contributed by atoms with Crippen molar-refractivity contribution in [3.05, 3.63) is 63.6 Å². The van der Waals surface area contributed by atoms with Crippen LogP contribution in [0.2, 0.25) is 10.0 Å². The van der Waals surface area contributed by atoms with E-state index in [2.05, 4.69) is 11.5 Å². The van der Waals surface area contributed by atoms with Crippen molar-refractivity contribution in [1.82, 2.24) is 5.43 Å². The van der Waals surface area contributed by atoms with E-state index < -0.39 is 0 Å². The van der Waals surface area contributed by atoms with E-state index in [-0.39, 0.29) is 12.1 Å². The Labute approximate surface area is 134 Å². The Morgan fingerprint density at radius 2 is 2.00 bits per heavy atom. The maximum absolute atomic E-state index is 6.25. The predicted molar refractivity (Wildman–Crippen MR) is 85.8 cm³/mol. The van der Waals surface area contributed by atoms with Crippen LogP contribution in [0.5, 0.6) is 5.75 Å². The Morgan fingerprint density at radius 1 is 1.19 bits per heavy atom. The monoisotopic (exact) mass is 322 g/mol. The molecular formula is C16H16Cl2N2O. The second-order valence-electron chi connectivity index (χ2n) is 5.16. The van der Waals surface area contributed by atoms with Crippen LogP contribution in [-0.4, -0.2) is 12.1 Å². The highest BCUT2D eigenvalue weighted by molar-refractivity contribution is 6.42. The van der Waals surface area contributed by atoms with Crippen LogP contribution < -0.4 is 16.0 Å². The molecule has 1 aliphatic heterocycles. The van der Waals surface area contributed by atoms with Gasteiger partial charge in [0, 0.05) is 6.42 Å². The van der Waals surface area contributed by atoms with Gasteiger partial charge in [-0.25, -0.2) is 0 Å². The van der Waals surface area contributed by atoms with Crippen LogP contribution in [0.25, 0.3) is 0 Å². The Bertz CT molecular complexity index is 623. The highest BCUT2D eigenvalue weighted by Crippen LogP contribution is 2.32. The summed E-state index contributed by atoms with van der Waals surface area (Å²) >= 11 is 12.3. The first-order valence-corrected chi connectivity index (χ1v) is 7.58. The third-order valence-electron chi connectivity index (χ3n) is 3.81. The summed E-state index contributed by atoms with van der Waals surface area (Å²) in [6, 6.07) is 13.6. The number of benzene rings is 2. The van der Waals surface area contributed by atoms with E-state index in [9.17, 15) is 0 Å². The van der Waals surface area contributed by atoms with E-state index >= 15 is 0 Å². The van der Waals surface area contributed by atoms with Crippen molar-refractivity contribution in [2.75, 3.05) is 0 Å². The lowest BCUT2D eigenvalue weighted by Crippen LogP contribution is -2.47. The molecule has 1 aliphatic rings. The van der Waals surface area contributed by atoms with Gasteiger partial charge in [0.1, 0.15) is 11.9 Å². The maximum Gasteiger partial charge on any atom is 0.123 e. The number of para-hydroxylation sites is 1. The fourth-order valence-corrected chi connectivity index (χ4v) is 3.07. The molecule has 110 valence electrons. The molecule has 0 aromatic heterocycles. The zero-order chi connectivity index (χ0) is 14.8. The summed E-state index contributed by atoms with van der Waals surface area (Å²) in [6.45, 7) is 0. The summed E-state index contributed by atoms with van der Waals surface area (Å²) in [5.41, 5.74) is 5.02. The molecule has 5 heteroatoms. The quantitative estimate of drug-likeness (QED) is 0.670. The molecule has 0 aliphatic carbocycles. The molecule has 0 saturated carbocycles. The number of nitrogens with two attached hydrogens (primary N) is 1.